The SMILES string of the molecule is COc1cccc([C@H](C)NC(=O)c2ccc(CN)cc2)c1. The van der Waals surface area contributed by atoms with Crippen LogP contribution in [0.1, 0.15) is 34.5 Å². The molecule has 2 aromatic rings. The molecule has 0 aromatic heterocycles. The molecule has 0 radical (unpaired) electrons. The molecule has 0 fully saturated rings. The van der Waals surface area contributed by atoms with Gasteiger partial charge >= 0.3 is 0 Å². The molecule has 1 amide bonds. The summed E-state index contributed by atoms with van der Waals surface area (Å²) in [5, 5.41) is 2.98. The van der Waals surface area contributed by atoms with E-state index in [0.717, 1.165) is 16.9 Å². The van der Waals surface area contributed by atoms with Crippen LogP contribution in [0.5, 0.6) is 5.75 Å². The topological polar surface area (TPSA) is 64.3 Å². The Morgan fingerprint density at radius 3 is 2.57 bits per heavy atom. The number of nitrogens with two attached hydrogens (primary N) is 1. The fourth-order valence-corrected chi connectivity index (χ4v) is 2.07. The molecule has 0 heterocycles. The van der Waals surface area contributed by atoms with Crippen LogP contribution in [-0.2, 0) is 6.54 Å². The molecule has 21 heavy (non-hydrogen) atoms. The van der Waals surface area contributed by atoms with E-state index in [9.17, 15) is 4.79 Å². The summed E-state index contributed by atoms with van der Waals surface area (Å²) < 4.78 is 5.20. The van der Waals surface area contributed by atoms with Gasteiger partial charge in [0.25, 0.3) is 5.91 Å². The van der Waals surface area contributed by atoms with Crippen LogP contribution in [0, 0.1) is 0 Å². The Hall–Kier alpha value is -2.33. The van der Waals surface area contributed by atoms with Crippen LogP contribution in [0.3, 0.4) is 0 Å². The first-order valence-electron chi connectivity index (χ1n) is 6.88. The van der Waals surface area contributed by atoms with Gasteiger partial charge in [-0.2, -0.15) is 0 Å². The summed E-state index contributed by atoms with van der Waals surface area (Å²) in [6.07, 6.45) is 0. The van der Waals surface area contributed by atoms with Crippen molar-refractivity contribution in [3.05, 3.63) is 65.2 Å². The number of benzene rings is 2. The lowest BCUT2D eigenvalue weighted by Crippen LogP contribution is -2.26. The van der Waals surface area contributed by atoms with Gasteiger partial charge < -0.3 is 15.8 Å². The molecular formula is C17H20N2O2. The Morgan fingerprint density at radius 2 is 1.95 bits per heavy atom. The van der Waals surface area contributed by atoms with Crippen LogP contribution in [0.25, 0.3) is 0 Å². The normalized spacial score (nSPS) is 11.8. The van der Waals surface area contributed by atoms with E-state index in [1.165, 1.54) is 0 Å². The van der Waals surface area contributed by atoms with Crippen molar-refractivity contribution >= 4 is 5.91 Å². The van der Waals surface area contributed by atoms with Crippen LogP contribution in [0.15, 0.2) is 48.5 Å². The maximum Gasteiger partial charge on any atom is 0.251 e. The number of hydrogen-bond acceptors (Lipinski definition) is 3. The second-order valence-electron chi connectivity index (χ2n) is 4.87. The van der Waals surface area contributed by atoms with Crippen molar-refractivity contribution in [1.29, 1.82) is 0 Å². The zero-order valence-corrected chi connectivity index (χ0v) is 12.3. The van der Waals surface area contributed by atoms with Gasteiger partial charge in [-0.15, -0.1) is 0 Å². The number of hydrogen-bond donors (Lipinski definition) is 2. The van der Waals surface area contributed by atoms with Gasteiger partial charge in [0.1, 0.15) is 5.75 Å². The van der Waals surface area contributed by atoms with Gasteiger partial charge in [-0.3, -0.25) is 4.79 Å². The number of carbonyl (C=O) groups excluding carboxylic acids is 1. The molecule has 2 aromatic carbocycles. The molecular weight excluding hydrogens is 264 g/mol. The third kappa shape index (κ3) is 3.83. The Kier molecular flexibility index (Phi) is 4.95. The van der Waals surface area contributed by atoms with E-state index < -0.39 is 0 Å². The largest absolute Gasteiger partial charge is 0.497 e. The van der Waals surface area contributed by atoms with Gasteiger partial charge in [-0.1, -0.05) is 24.3 Å². The summed E-state index contributed by atoms with van der Waals surface area (Å²) in [5.41, 5.74) is 8.18. The summed E-state index contributed by atoms with van der Waals surface area (Å²) in [4.78, 5) is 12.2. The number of rotatable bonds is 5. The molecule has 4 heteroatoms. The molecule has 0 aliphatic carbocycles. The minimum Gasteiger partial charge on any atom is -0.497 e. The van der Waals surface area contributed by atoms with Gasteiger partial charge in [0, 0.05) is 12.1 Å². The standard InChI is InChI=1S/C17H20N2O2/c1-12(15-4-3-5-16(10-15)21-2)19-17(20)14-8-6-13(11-18)7-9-14/h3-10,12H,11,18H2,1-2H3,(H,19,20)/t12-/m0/s1. The predicted octanol–water partition coefficient (Wildman–Crippen LogP) is 2.64. The summed E-state index contributed by atoms with van der Waals surface area (Å²) in [7, 11) is 1.63. The Morgan fingerprint density at radius 1 is 1.24 bits per heavy atom. The van der Waals surface area contributed by atoms with E-state index in [0.29, 0.717) is 12.1 Å². The molecule has 4 nitrogen and oxygen atoms in total. The van der Waals surface area contributed by atoms with E-state index in [4.69, 9.17) is 10.5 Å². The molecule has 110 valence electrons. The average molecular weight is 284 g/mol. The third-order valence-corrected chi connectivity index (χ3v) is 3.39. The maximum atomic E-state index is 12.2. The maximum absolute atomic E-state index is 12.2. The van der Waals surface area contributed by atoms with Gasteiger partial charge in [-0.05, 0) is 42.3 Å². The van der Waals surface area contributed by atoms with Crippen LogP contribution in [-0.4, -0.2) is 13.0 Å². The summed E-state index contributed by atoms with van der Waals surface area (Å²) in [6, 6.07) is 14.9. The molecule has 0 spiro atoms. The lowest BCUT2D eigenvalue weighted by Gasteiger charge is -2.15. The first kappa shape index (κ1) is 15.1. The molecule has 0 aliphatic heterocycles. The number of amides is 1. The highest BCUT2D eigenvalue weighted by Gasteiger charge is 2.11. The highest BCUT2D eigenvalue weighted by molar-refractivity contribution is 5.94. The van der Waals surface area contributed by atoms with Crippen molar-refractivity contribution in [3.63, 3.8) is 0 Å². The van der Waals surface area contributed by atoms with E-state index in [1.807, 2.05) is 43.3 Å². The molecule has 3 N–H and O–H groups in total. The Labute approximate surface area is 124 Å². The van der Waals surface area contributed by atoms with Crippen molar-refractivity contribution < 1.29 is 9.53 Å². The summed E-state index contributed by atoms with van der Waals surface area (Å²) in [6.45, 7) is 2.42. The highest BCUT2D eigenvalue weighted by atomic mass is 16.5. The second-order valence-corrected chi connectivity index (χ2v) is 4.87. The lowest BCUT2D eigenvalue weighted by molar-refractivity contribution is 0.0940. The number of methoxy groups -OCH3 is 1. The van der Waals surface area contributed by atoms with Crippen LogP contribution < -0.4 is 15.8 Å². The number of carbonyl (C=O) groups is 1. The average Bonchev–Trinajstić information content (AvgIpc) is 2.54. The first-order valence-corrected chi connectivity index (χ1v) is 6.88. The monoisotopic (exact) mass is 284 g/mol. The van der Waals surface area contributed by atoms with Crippen molar-refractivity contribution in [1.82, 2.24) is 5.32 Å². The minimum atomic E-state index is -0.103. The molecule has 2 rings (SSSR count). The van der Waals surface area contributed by atoms with Gasteiger partial charge in [-0.25, -0.2) is 0 Å². The van der Waals surface area contributed by atoms with Crippen LogP contribution in [0.2, 0.25) is 0 Å². The molecule has 1 atom stereocenters. The highest BCUT2D eigenvalue weighted by Crippen LogP contribution is 2.19. The lowest BCUT2D eigenvalue weighted by atomic mass is 10.1. The molecule has 0 bridgehead atoms. The number of nitrogens with one attached hydrogen (secondary N) is 1. The second kappa shape index (κ2) is 6.90. The van der Waals surface area contributed by atoms with Crippen molar-refractivity contribution in [3.8, 4) is 5.75 Å². The van der Waals surface area contributed by atoms with Gasteiger partial charge in [0.2, 0.25) is 0 Å². The molecule has 0 saturated heterocycles. The summed E-state index contributed by atoms with van der Waals surface area (Å²) in [5.74, 6) is 0.676. The van der Waals surface area contributed by atoms with E-state index >= 15 is 0 Å². The molecule has 0 aliphatic rings. The van der Waals surface area contributed by atoms with Crippen molar-refractivity contribution in [2.24, 2.45) is 5.73 Å². The zero-order valence-electron chi connectivity index (χ0n) is 12.3. The smallest absolute Gasteiger partial charge is 0.251 e. The third-order valence-electron chi connectivity index (χ3n) is 3.39. The van der Waals surface area contributed by atoms with Crippen molar-refractivity contribution in [2.75, 3.05) is 7.11 Å². The van der Waals surface area contributed by atoms with Gasteiger partial charge in [0.05, 0.1) is 13.2 Å². The molecule has 0 unspecified atom stereocenters. The number of ether oxygens (including phenoxy) is 1. The zero-order chi connectivity index (χ0) is 15.2. The summed E-state index contributed by atoms with van der Waals surface area (Å²) >= 11 is 0. The van der Waals surface area contributed by atoms with Crippen molar-refractivity contribution in [2.45, 2.75) is 19.5 Å². The van der Waals surface area contributed by atoms with E-state index in [-0.39, 0.29) is 11.9 Å². The van der Waals surface area contributed by atoms with E-state index in [1.54, 1.807) is 19.2 Å². The van der Waals surface area contributed by atoms with Crippen LogP contribution >= 0.6 is 0 Å². The predicted molar refractivity (Wildman–Crippen MR) is 83.2 cm³/mol. The minimum absolute atomic E-state index is 0.0956. The van der Waals surface area contributed by atoms with Gasteiger partial charge in [0.15, 0.2) is 0 Å². The quantitative estimate of drug-likeness (QED) is 0.887. The Balaban J connectivity index is 2.06. The Bertz CT molecular complexity index is 608. The first-order chi connectivity index (χ1) is 10.1. The van der Waals surface area contributed by atoms with E-state index in [2.05, 4.69) is 5.32 Å². The molecule has 0 saturated carbocycles. The fraction of sp³-hybridized carbons (Fsp3) is 0.235. The fourth-order valence-electron chi connectivity index (χ4n) is 2.07. The van der Waals surface area contributed by atoms with Crippen LogP contribution in [0.4, 0.5) is 0 Å².